The molecule has 0 heterocycles. The van der Waals surface area contributed by atoms with Crippen LogP contribution in [0.25, 0.3) is 0 Å². The lowest BCUT2D eigenvalue weighted by atomic mass is 10.0. The van der Waals surface area contributed by atoms with Gasteiger partial charge in [-0.2, -0.15) is 0 Å². The highest BCUT2D eigenvalue weighted by molar-refractivity contribution is 5.16. The number of unbranched alkanes of at least 4 members (excludes halogenated alkanes) is 2. The Morgan fingerprint density at radius 1 is 1.21 bits per heavy atom. The van der Waals surface area contributed by atoms with Crippen molar-refractivity contribution in [2.24, 2.45) is 0 Å². The second-order valence-electron chi connectivity index (χ2n) is 3.50. The van der Waals surface area contributed by atoms with Gasteiger partial charge in [-0.25, -0.2) is 0 Å². The summed E-state index contributed by atoms with van der Waals surface area (Å²) in [5.74, 6) is 0. The maximum Gasteiger partial charge on any atom is 0.0790 e. The van der Waals surface area contributed by atoms with Gasteiger partial charge < -0.3 is 5.11 Å². The molecule has 0 fully saturated rings. The Hall–Kier alpha value is -1.08. The fourth-order valence-corrected chi connectivity index (χ4v) is 1.47. The van der Waals surface area contributed by atoms with Crippen LogP contribution in [0, 0.1) is 0 Å². The molecule has 1 atom stereocenters. The highest BCUT2D eigenvalue weighted by atomic mass is 16.3. The van der Waals surface area contributed by atoms with Crippen LogP contribution in [0.15, 0.2) is 43.0 Å². The molecule has 76 valence electrons. The van der Waals surface area contributed by atoms with Gasteiger partial charge in [-0.3, -0.25) is 0 Å². The second-order valence-corrected chi connectivity index (χ2v) is 3.50. The van der Waals surface area contributed by atoms with Gasteiger partial charge in [-0.05, 0) is 24.8 Å². The zero-order valence-corrected chi connectivity index (χ0v) is 8.52. The van der Waals surface area contributed by atoms with E-state index in [1.165, 1.54) is 0 Å². The predicted octanol–water partition coefficient (Wildman–Crippen LogP) is 3.47. The first-order valence-corrected chi connectivity index (χ1v) is 5.18. The van der Waals surface area contributed by atoms with E-state index in [0.717, 1.165) is 31.2 Å². The molecule has 0 aliphatic heterocycles. The monoisotopic (exact) mass is 190 g/mol. The maximum absolute atomic E-state index is 9.79. The van der Waals surface area contributed by atoms with Crippen molar-refractivity contribution in [2.75, 3.05) is 0 Å². The molecule has 0 bridgehead atoms. The summed E-state index contributed by atoms with van der Waals surface area (Å²) in [6.07, 6.45) is 5.69. The molecule has 0 aliphatic rings. The summed E-state index contributed by atoms with van der Waals surface area (Å²) >= 11 is 0. The van der Waals surface area contributed by atoms with Crippen molar-refractivity contribution < 1.29 is 5.11 Å². The number of allylic oxidation sites excluding steroid dienone is 1. The Morgan fingerprint density at radius 3 is 2.57 bits per heavy atom. The molecule has 0 radical (unpaired) electrons. The molecule has 0 amide bonds. The van der Waals surface area contributed by atoms with E-state index in [0.29, 0.717) is 0 Å². The Balaban J connectivity index is 2.28. The van der Waals surface area contributed by atoms with Crippen molar-refractivity contribution >= 4 is 0 Å². The molecular weight excluding hydrogens is 172 g/mol. The topological polar surface area (TPSA) is 20.2 Å². The first kappa shape index (κ1) is 11.0. The maximum atomic E-state index is 9.79. The summed E-state index contributed by atoms with van der Waals surface area (Å²) in [7, 11) is 0. The average Bonchev–Trinajstić information content (AvgIpc) is 2.25. The number of aliphatic hydroxyl groups excluding tert-OH is 1. The zero-order valence-electron chi connectivity index (χ0n) is 8.52. The molecule has 1 N–H and O–H groups in total. The van der Waals surface area contributed by atoms with Crippen LogP contribution in [0.2, 0.25) is 0 Å². The summed E-state index contributed by atoms with van der Waals surface area (Å²) in [6.45, 7) is 3.67. The largest absolute Gasteiger partial charge is 0.388 e. The van der Waals surface area contributed by atoms with Crippen LogP contribution in [0.1, 0.15) is 37.4 Å². The first-order valence-electron chi connectivity index (χ1n) is 5.18. The van der Waals surface area contributed by atoms with Crippen LogP contribution >= 0.6 is 0 Å². The van der Waals surface area contributed by atoms with Gasteiger partial charge in [0.2, 0.25) is 0 Å². The summed E-state index contributed by atoms with van der Waals surface area (Å²) in [5, 5.41) is 9.79. The number of aliphatic hydroxyl groups is 1. The quantitative estimate of drug-likeness (QED) is 0.538. The lowest BCUT2D eigenvalue weighted by molar-refractivity contribution is 0.164. The van der Waals surface area contributed by atoms with Gasteiger partial charge in [0.05, 0.1) is 6.10 Å². The minimum Gasteiger partial charge on any atom is -0.388 e. The number of rotatable bonds is 6. The van der Waals surface area contributed by atoms with Gasteiger partial charge in [0.25, 0.3) is 0 Å². The molecule has 0 spiro atoms. The van der Waals surface area contributed by atoms with Gasteiger partial charge in [0.1, 0.15) is 0 Å². The molecule has 1 unspecified atom stereocenters. The fourth-order valence-electron chi connectivity index (χ4n) is 1.47. The van der Waals surface area contributed by atoms with Crippen molar-refractivity contribution in [3.05, 3.63) is 48.6 Å². The van der Waals surface area contributed by atoms with Crippen molar-refractivity contribution in [3.8, 4) is 0 Å². The minimum absolute atomic E-state index is 0.305. The number of hydrogen-bond acceptors (Lipinski definition) is 1. The third-order valence-electron chi connectivity index (χ3n) is 2.32. The van der Waals surface area contributed by atoms with Crippen LogP contribution < -0.4 is 0 Å². The van der Waals surface area contributed by atoms with Crippen molar-refractivity contribution in [1.29, 1.82) is 0 Å². The van der Waals surface area contributed by atoms with Crippen LogP contribution in [-0.4, -0.2) is 5.11 Å². The first-order chi connectivity index (χ1) is 6.84. The van der Waals surface area contributed by atoms with E-state index < -0.39 is 0 Å². The molecule has 0 saturated heterocycles. The standard InChI is InChI=1S/C13H18O/c1-2-3-4-8-11-13(14)12-9-6-5-7-10-12/h2,5-7,9-10,13-14H,1,3-4,8,11H2. The van der Waals surface area contributed by atoms with Crippen LogP contribution in [0.3, 0.4) is 0 Å². The highest BCUT2D eigenvalue weighted by Gasteiger charge is 2.04. The molecule has 1 nitrogen and oxygen atoms in total. The second kappa shape index (κ2) is 6.39. The Bertz CT molecular complexity index is 253. The average molecular weight is 190 g/mol. The van der Waals surface area contributed by atoms with E-state index in [2.05, 4.69) is 6.58 Å². The highest BCUT2D eigenvalue weighted by Crippen LogP contribution is 2.18. The van der Waals surface area contributed by atoms with Crippen molar-refractivity contribution in [1.82, 2.24) is 0 Å². The van der Waals surface area contributed by atoms with Crippen molar-refractivity contribution in [2.45, 2.75) is 31.8 Å². The summed E-state index contributed by atoms with van der Waals surface area (Å²) in [5.41, 5.74) is 1.02. The normalized spacial score (nSPS) is 12.4. The van der Waals surface area contributed by atoms with Gasteiger partial charge in [0, 0.05) is 0 Å². The third-order valence-corrected chi connectivity index (χ3v) is 2.32. The smallest absolute Gasteiger partial charge is 0.0790 e. The Labute approximate surface area is 86.1 Å². The minimum atomic E-state index is -0.305. The summed E-state index contributed by atoms with van der Waals surface area (Å²) < 4.78 is 0. The number of hydrogen-bond donors (Lipinski definition) is 1. The molecule has 0 aromatic heterocycles. The molecule has 1 heteroatoms. The van der Waals surface area contributed by atoms with E-state index in [1.807, 2.05) is 36.4 Å². The molecule has 1 aromatic rings. The fraction of sp³-hybridized carbons (Fsp3) is 0.385. The Morgan fingerprint density at radius 2 is 1.93 bits per heavy atom. The Kier molecular flexibility index (Phi) is 5.02. The third kappa shape index (κ3) is 3.75. The van der Waals surface area contributed by atoms with Crippen LogP contribution in [-0.2, 0) is 0 Å². The van der Waals surface area contributed by atoms with E-state index in [-0.39, 0.29) is 6.10 Å². The SMILES string of the molecule is C=CCCCCC(O)c1ccccc1. The molecule has 14 heavy (non-hydrogen) atoms. The van der Waals surface area contributed by atoms with E-state index in [9.17, 15) is 5.11 Å². The van der Waals surface area contributed by atoms with Gasteiger partial charge in [0.15, 0.2) is 0 Å². The van der Waals surface area contributed by atoms with Crippen LogP contribution in [0.5, 0.6) is 0 Å². The lowest BCUT2D eigenvalue weighted by Gasteiger charge is -2.09. The van der Waals surface area contributed by atoms with Gasteiger partial charge in [-0.15, -0.1) is 6.58 Å². The van der Waals surface area contributed by atoms with Gasteiger partial charge >= 0.3 is 0 Å². The molecule has 0 saturated carbocycles. The van der Waals surface area contributed by atoms with E-state index in [1.54, 1.807) is 0 Å². The van der Waals surface area contributed by atoms with Gasteiger partial charge in [-0.1, -0.05) is 42.8 Å². The van der Waals surface area contributed by atoms with Crippen molar-refractivity contribution in [3.63, 3.8) is 0 Å². The van der Waals surface area contributed by atoms with E-state index >= 15 is 0 Å². The zero-order chi connectivity index (χ0) is 10.2. The van der Waals surface area contributed by atoms with E-state index in [4.69, 9.17) is 0 Å². The molecule has 1 rings (SSSR count). The predicted molar refractivity (Wildman–Crippen MR) is 60.1 cm³/mol. The van der Waals surface area contributed by atoms with Crippen LogP contribution in [0.4, 0.5) is 0 Å². The lowest BCUT2D eigenvalue weighted by Crippen LogP contribution is -1.96. The summed E-state index contributed by atoms with van der Waals surface area (Å²) in [6, 6.07) is 9.83. The number of benzene rings is 1. The molecule has 1 aromatic carbocycles. The molecule has 0 aliphatic carbocycles. The summed E-state index contributed by atoms with van der Waals surface area (Å²) in [4.78, 5) is 0. The molecular formula is C13H18O.